The number of hydrogen-bond acceptors (Lipinski definition) is 2. The SMILES string of the molecule is CCCN1C=CN(C2(C)CCC2)C1. The second-order valence-corrected chi connectivity index (χ2v) is 4.57. The summed E-state index contributed by atoms with van der Waals surface area (Å²) in [7, 11) is 0. The van der Waals surface area contributed by atoms with E-state index in [0.29, 0.717) is 5.54 Å². The molecular weight excluding hydrogens is 160 g/mol. The Bertz CT molecular complexity index is 206. The van der Waals surface area contributed by atoms with Crippen molar-refractivity contribution in [3.8, 4) is 0 Å². The van der Waals surface area contributed by atoms with Gasteiger partial charge in [0.05, 0.1) is 6.67 Å². The Morgan fingerprint density at radius 2 is 2.08 bits per heavy atom. The smallest absolute Gasteiger partial charge is 0.0898 e. The highest BCUT2D eigenvalue weighted by Gasteiger charge is 2.38. The van der Waals surface area contributed by atoms with Gasteiger partial charge < -0.3 is 9.80 Å². The Morgan fingerprint density at radius 1 is 1.31 bits per heavy atom. The zero-order valence-electron chi connectivity index (χ0n) is 8.79. The molecule has 1 saturated carbocycles. The molecule has 1 aliphatic carbocycles. The lowest BCUT2D eigenvalue weighted by molar-refractivity contribution is 0.0581. The quantitative estimate of drug-likeness (QED) is 0.658. The van der Waals surface area contributed by atoms with Gasteiger partial charge in [0, 0.05) is 24.5 Å². The van der Waals surface area contributed by atoms with Crippen molar-refractivity contribution in [1.29, 1.82) is 0 Å². The van der Waals surface area contributed by atoms with E-state index in [1.165, 1.54) is 32.2 Å². The van der Waals surface area contributed by atoms with Gasteiger partial charge in [0.1, 0.15) is 0 Å². The molecule has 0 unspecified atom stereocenters. The Morgan fingerprint density at radius 3 is 2.62 bits per heavy atom. The molecule has 0 aromatic carbocycles. The lowest BCUT2D eigenvalue weighted by Gasteiger charge is -2.46. The first-order valence-corrected chi connectivity index (χ1v) is 5.44. The molecule has 0 aromatic rings. The molecule has 0 N–H and O–H groups in total. The van der Waals surface area contributed by atoms with Crippen molar-refractivity contribution in [2.45, 2.75) is 45.1 Å². The molecule has 74 valence electrons. The first-order chi connectivity index (χ1) is 6.24. The first kappa shape index (κ1) is 8.92. The molecule has 0 amide bonds. The van der Waals surface area contributed by atoms with Crippen LogP contribution < -0.4 is 0 Å². The van der Waals surface area contributed by atoms with Crippen molar-refractivity contribution < 1.29 is 0 Å². The van der Waals surface area contributed by atoms with Crippen LogP contribution in [-0.4, -0.2) is 28.6 Å². The predicted molar refractivity (Wildman–Crippen MR) is 55.1 cm³/mol. The second-order valence-electron chi connectivity index (χ2n) is 4.57. The van der Waals surface area contributed by atoms with Gasteiger partial charge in [0.2, 0.25) is 0 Å². The summed E-state index contributed by atoms with van der Waals surface area (Å²) in [6, 6.07) is 0. The van der Waals surface area contributed by atoms with E-state index in [0.717, 1.165) is 6.67 Å². The summed E-state index contributed by atoms with van der Waals surface area (Å²) in [5, 5.41) is 0. The fourth-order valence-electron chi connectivity index (χ4n) is 2.22. The molecule has 2 heteroatoms. The Kier molecular flexibility index (Phi) is 2.22. The summed E-state index contributed by atoms with van der Waals surface area (Å²) in [5.41, 5.74) is 0.485. The third kappa shape index (κ3) is 1.54. The highest BCUT2D eigenvalue weighted by molar-refractivity contribution is 5.03. The molecule has 0 atom stereocenters. The Labute approximate surface area is 81.2 Å². The van der Waals surface area contributed by atoms with Gasteiger partial charge in [-0.05, 0) is 32.6 Å². The summed E-state index contributed by atoms with van der Waals surface area (Å²) in [5.74, 6) is 0. The lowest BCUT2D eigenvalue weighted by Crippen LogP contribution is -2.49. The fraction of sp³-hybridized carbons (Fsp3) is 0.818. The third-order valence-electron chi connectivity index (χ3n) is 3.43. The highest BCUT2D eigenvalue weighted by Crippen LogP contribution is 2.38. The minimum atomic E-state index is 0.485. The molecule has 0 radical (unpaired) electrons. The van der Waals surface area contributed by atoms with Crippen LogP contribution in [0.1, 0.15) is 39.5 Å². The molecule has 0 saturated heterocycles. The summed E-state index contributed by atoms with van der Waals surface area (Å²) < 4.78 is 0. The molecule has 2 nitrogen and oxygen atoms in total. The summed E-state index contributed by atoms with van der Waals surface area (Å²) in [4.78, 5) is 4.91. The van der Waals surface area contributed by atoms with Gasteiger partial charge in [-0.1, -0.05) is 6.92 Å². The second kappa shape index (κ2) is 3.24. The average molecular weight is 180 g/mol. The van der Waals surface area contributed by atoms with Crippen molar-refractivity contribution in [2.75, 3.05) is 13.2 Å². The molecule has 0 spiro atoms. The topological polar surface area (TPSA) is 6.48 Å². The van der Waals surface area contributed by atoms with Crippen molar-refractivity contribution in [3.63, 3.8) is 0 Å². The van der Waals surface area contributed by atoms with E-state index in [4.69, 9.17) is 0 Å². The predicted octanol–water partition coefficient (Wildman–Crippen LogP) is 2.39. The van der Waals surface area contributed by atoms with E-state index >= 15 is 0 Å². The van der Waals surface area contributed by atoms with E-state index in [2.05, 4.69) is 36.0 Å². The molecule has 1 aliphatic heterocycles. The lowest BCUT2D eigenvalue weighted by atomic mass is 9.77. The largest absolute Gasteiger partial charge is 0.359 e. The van der Waals surface area contributed by atoms with Gasteiger partial charge in [0.25, 0.3) is 0 Å². The van der Waals surface area contributed by atoms with Crippen molar-refractivity contribution in [3.05, 3.63) is 12.4 Å². The van der Waals surface area contributed by atoms with E-state index in [1.807, 2.05) is 0 Å². The van der Waals surface area contributed by atoms with Crippen LogP contribution in [0.2, 0.25) is 0 Å². The van der Waals surface area contributed by atoms with E-state index in [-0.39, 0.29) is 0 Å². The third-order valence-corrected chi connectivity index (χ3v) is 3.43. The first-order valence-electron chi connectivity index (χ1n) is 5.44. The van der Waals surface area contributed by atoms with Crippen LogP contribution in [-0.2, 0) is 0 Å². The maximum Gasteiger partial charge on any atom is 0.0898 e. The Hall–Kier alpha value is -0.660. The van der Waals surface area contributed by atoms with Crippen LogP contribution in [0.5, 0.6) is 0 Å². The number of rotatable bonds is 3. The molecule has 0 bridgehead atoms. The fourth-order valence-corrected chi connectivity index (χ4v) is 2.22. The number of nitrogens with zero attached hydrogens (tertiary/aromatic N) is 2. The van der Waals surface area contributed by atoms with Gasteiger partial charge in [-0.15, -0.1) is 0 Å². The van der Waals surface area contributed by atoms with Crippen molar-refractivity contribution >= 4 is 0 Å². The minimum Gasteiger partial charge on any atom is -0.359 e. The normalized spacial score (nSPS) is 25.1. The highest BCUT2D eigenvalue weighted by atomic mass is 15.4. The van der Waals surface area contributed by atoms with E-state index < -0.39 is 0 Å². The van der Waals surface area contributed by atoms with Crippen LogP contribution in [0.25, 0.3) is 0 Å². The van der Waals surface area contributed by atoms with E-state index in [1.54, 1.807) is 0 Å². The maximum absolute atomic E-state index is 2.51. The van der Waals surface area contributed by atoms with Gasteiger partial charge in [-0.3, -0.25) is 0 Å². The molecule has 0 aromatic heterocycles. The van der Waals surface area contributed by atoms with Crippen LogP contribution in [0.3, 0.4) is 0 Å². The van der Waals surface area contributed by atoms with Crippen LogP contribution in [0, 0.1) is 0 Å². The van der Waals surface area contributed by atoms with Crippen molar-refractivity contribution in [2.24, 2.45) is 0 Å². The maximum atomic E-state index is 2.51. The molecule has 2 rings (SSSR count). The van der Waals surface area contributed by atoms with Gasteiger partial charge in [-0.25, -0.2) is 0 Å². The summed E-state index contributed by atoms with van der Waals surface area (Å²) in [6.07, 6.45) is 9.92. The zero-order valence-corrected chi connectivity index (χ0v) is 8.79. The van der Waals surface area contributed by atoms with E-state index in [9.17, 15) is 0 Å². The average Bonchev–Trinajstić information content (AvgIpc) is 2.50. The molecule has 13 heavy (non-hydrogen) atoms. The zero-order chi connectivity index (χ0) is 9.31. The van der Waals surface area contributed by atoms with Crippen LogP contribution in [0.4, 0.5) is 0 Å². The van der Waals surface area contributed by atoms with Gasteiger partial charge in [0.15, 0.2) is 0 Å². The standard InChI is InChI=1S/C11H20N2/c1-3-7-12-8-9-13(10-12)11(2)5-4-6-11/h8-9H,3-7,10H2,1-2H3. The molecule has 1 fully saturated rings. The van der Waals surface area contributed by atoms with Crippen LogP contribution in [0.15, 0.2) is 12.4 Å². The van der Waals surface area contributed by atoms with Gasteiger partial charge in [-0.2, -0.15) is 0 Å². The van der Waals surface area contributed by atoms with Crippen molar-refractivity contribution in [1.82, 2.24) is 9.80 Å². The summed E-state index contributed by atoms with van der Waals surface area (Å²) >= 11 is 0. The minimum absolute atomic E-state index is 0.485. The monoisotopic (exact) mass is 180 g/mol. The number of hydrogen-bond donors (Lipinski definition) is 0. The molecular formula is C11H20N2. The Balaban J connectivity index is 1.88. The molecule has 1 heterocycles. The molecule has 2 aliphatic rings. The summed E-state index contributed by atoms with van der Waals surface area (Å²) in [6.45, 7) is 6.94. The van der Waals surface area contributed by atoms with Gasteiger partial charge >= 0.3 is 0 Å². The van der Waals surface area contributed by atoms with Crippen LogP contribution >= 0.6 is 0 Å².